The highest BCUT2D eigenvalue weighted by molar-refractivity contribution is 6.00. The van der Waals surface area contributed by atoms with E-state index < -0.39 is 48.8 Å². The summed E-state index contributed by atoms with van der Waals surface area (Å²) in [7, 11) is 0. The van der Waals surface area contributed by atoms with Crippen molar-refractivity contribution in [2.24, 2.45) is 0 Å². The van der Waals surface area contributed by atoms with Gasteiger partial charge in [-0.2, -0.15) is 0 Å². The molecule has 0 aromatic heterocycles. The summed E-state index contributed by atoms with van der Waals surface area (Å²) in [5.41, 5.74) is 0.475. The Bertz CT molecular complexity index is 1340. The zero-order chi connectivity index (χ0) is 28.7. The van der Waals surface area contributed by atoms with Gasteiger partial charge in [0.1, 0.15) is 23.4 Å². The summed E-state index contributed by atoms with van der Waals surface area (Å²) in [6, 6.07) is 14.8. The number of phenols is 1. The molecule has 39 heavy (non-hydrogen) atoms. The maximum Gasteiger partial charge on any atom is 0.408 e. The molecule has 0 aliphatic carbocycles. The molecule has 2 atom stereocenters. The molecule has 3 amide bonds. The van der Waals surface area contributed by atoms with Crippen LogP contribution in [0, 0.1) is 6.92 Å². The minimum atomic E-state index is -1.44. The van der Waals surface area contributed by atoms with Gasteiger partial charge in [0.25, 0.3) is 5.91 Å². The monoisotopic (exact) mass is 537 g/mol. The first kappa shape index (κ1) is 29.4. The lowest BCUT2D eigenvalue weighted by molar-refractivity contribution is -0.142. The molecule has 0 saturated carbocycles. The molecule has 0 fully saturated rings. The lowest BCUT2D eigenvalue weighted by Gasteiger charge is -2.33. The van der Waals surface area contributed by atoms with Gasteiger partial charge < -0.3 is 35.6 Å². The number of nitrogens with one attached hydrogen (secondary N) is 2. The summed E-state index contributed by atoms with van der Waals surface area (Å²) in [6.07, 6.45) is -0.920. The van der Waals surface area contributed by atoms with Crippen molar-refractivity contribution in [1.82, 2.24) is 10.2 Å². The highest BCUT2D eigenvalue weighted by Crippen LogP contribution is 2.29. The number of aliphatic hydroxyl groups excluding tert-OH is 2. The number of carbonyl (C=O) groups excluding carboxylic acids is 3. The molecule has 0 saturated heterocycles. The molecular weight excluding hydrogens is 502 g/mol. The number of ether oxygens (including phenoxy) is 1. The van der Waals surface area contributed by atoms with Gasteiger partial charge in [0.05, 0.1) is 13.2 Å². The van der Waals surface area contributed by atoms with Gasteiger partial charge in [0.2, 0.25) is 5.91 Å². The second-order valence-electron chi connectivity index (χ2n) is 10.1. The van der Waals surface area contributed by atoms with Crippen LogP contribution in [0.4, 0.5) is 10.5 Å². The van der Waals surface area contributed by atoms with Crippen molar-refractivity contribution in [3.05, 3.63) is 71.8 Å². The summed E-state index contributed by atoms with van der Waals surface area (Å²) >= 11 is 0. The van der Waals surface area contributed by atoms with E-state index in [4.69, 9.17) is 4.74 Å². The van der Waals surface area contributed by atoms with Gasteiger partial charge in [-0.3, -0.25) is 9.59 Å². The van der Waals surface area contributed by atoms with E-state index in [-0.39, 0.29) is 12.3 Å². The highest BCUT2D eigenvalue weighted by Gasteiger charge is 2.36. The van der Waals surface area contributed by atoms with Gasteiger partial charge in [-0.05, 0) is 73.9 Å². The zero-order valence-corrected chi connectivity index (χ0v) is 22.5. The fourth-order valence-corrected chi connectivity index (χ4v) is 4.11. The first-order valence-corrected chi connectivity index (χ1v) is 12.5. The van der Waals surface area contributed by atoms with E-state index >= 15 is 0 Å². The quantitative estimate of drug-likeness (QED) is 0.281. The standard InChI is InChI=1S/C29H35N3O7/c1-18-15-21(10-12-24(18)35)25(26(36)30-22-11-9-19-7-5-6-8-20(19)16-22)32(13-14-33)27(37)23(17-34)31-28(38)39-29(2,3)4/h5-12,15-16,23,25,33-35H,13-14,17H2,1-4H3,(H,30,36)(H,31,38). The van der Waals surface area contributed by atoms with Crippen molar-refractivity contribution in [3.8, 4) is 5.75 Å². The van der Waals surface area contributed by atoms with Crippen LogP contribution in [0.25, 0.3) is 10.8 Å². The Hall–Kier alpha value is -4.15. The van der Waals surface area contributed by atoms with Gasteiger partial charge in [-0.25, -0.2) is 4.79 Å². The molecule has 208 valence electrons. The van der Waals surface area contributed by atoms with Crippen LogP contribution in [0.15, 0.2) is 60.7 Å². The number of hydrogen-bond acceptors (Lipinski definition) is 7. The smallest absolute Gasteiger partial charge is 0.408 e. The Morgan fingerprint density at radius 3 is 2.28 bits per heavy atom. The predicted molar refractivity (Wildman–Crippen MR) is 147 cm³/mol. The Morgan fingerprint density at radius 1 is 0.974 bits per heavy atom. The Balaban J connectivity index is 1.99. The van der Waals surface area contributed by atoms with E-state index in [1.54, 1.807) is 45.9 Å². The van der Waals surface area contributed by atoms with E-state index in [2.05, 4.69) is 10.6 Å². The van der Waals surface area contributed by atoms with E-state index in [1.807, 2.05) is 30.3 Å². The number of benzene rings is 3. The molecule has 3 aromatic rings. The molecule has 0 heterocycles. The van der Waals surface area contributed by atoms with Crippen molar-refractivity contribution >= 4 is 34.4 Å². The van der Waals surface area contributed by atoms with Crippen LogP contribution in [-0.4, -0.2) is 69.5 Å². The number of alkyl carbamates (subject to hydrolysis) is 1. The summed E-state index contributed by atoms with van der Waals surface area (Å²) in [5, 5.41) is 36.9. The number of phenolic OH excluding ortho intramolecular Hbond substituents is 1. The Kier molecular flexibility index (Phi) is 9.50. The van der Waals surface area contributed by atoms with E-state index in [0.29, 0.717) is 16.8 Å². The first-order valence-electron chi connectivity index (χ1n) is 12.5. The number of hydrogen-bond donors (Lipinski definition) is 5. The average Bonchev–Trinajstić information content (AvgIpc) is 2.87. The molecule has 3 aromatic carbocycles. The van der Waals surface area contributed by atoms with Crippen molar-refractivity contribution < 1.29 is 34.4 Å². The van der Waals surface area contributed by atoms with E-state index in [1.165, 1.54) is 12.1 Å². The van der Waals surface area contributed by atoms with Crippen LogP contribution in [0.3, 0.4) is 0 Å². The predicted octanol–water partition coefficient (Wildman–Crippen LogP) is 3.24. The summed E-state index contributed by atoms with van der Waals surface area (Å²) in [5.74, 6) is -1.39. The third-order valence-electron chi connectivity index (χ3n) is 5.91. The van der Waals surface area contributed by atoms with E-state index in [9.17, 15) is 29.7 Å². The topological polar surface area (TPSA) is 148 Å². The number of nitrogens with zero attached hydrogens (tertiary/aromatic N) is 1. The molecule has 10 heteroatoms. The molecule has 0 aliphatic heterocycles. The SMILES string of the molecule is Cc1cc(C(C(=O)Nc2ccc3ccccc3c2)N(CCO)C(=O)C(CO)NC(=O)OC(C)(C)C)ccc1O. The fraction of sp³-hybridized carbons (Fsp3) is 0.345. The van der Waals surface area contributed by atoms with Crippen LogP contribution in [0.1, 0.15) is 37.9 Å². The Labute approximate surface area is 227 Å². The summed E-state index contributed by atoms with van der Waals surface area (Å²) in [6.45, 7) is 5.07. The number of amides is 3. The number of fused-ring (bicyclic) bond motifs is 1. The van der Waals surface area contributed by atoms with Crippen LogP contribution in [0.5, 0.6) is 5.75 Å². The molecule has 5 N–H and O–H groups in total. The highest BCUT2D eigenvalue weighted by atomic mass is 16.6. The largest absolute Gasteiger partial charge is 0.508 e. The second kappa shape index (κ2) is 12.6. The van der Waals surface area contributed by atoms with Crippen LogP contribution in [0.2, 0.25) is 0 Å². The molecule has 0 aliphatic rings. The summed E-state index contributed by atoms with van der Waals surface area (Å²) < 4.78 is 5.21. The maximum atomic E-state index is 13.8. The van der Waals surface area contributed by atoms with Gasteiger partial charge in [0.15, 0.2) is 0 Å². The van der Waals surface area contributed by atoms with E-state index in [0.717, 1.165) is 15.7 Å². The molecule has 0 bridgehead atoms. The van der Waals surface area contributed by atoms with Crippen LogP contribution >= 0.6 is 0 Å². The third-order valence-corrected chi connectivity index (χ3v) is 5.91. The molecule has 2 unspecified atom stereocenters. The van der Waals surface area contributed by atoms with Crippen molar-refractivity contribution in [2.45, 2.75) is 45.4 Å². The molecular formula is C29H35N3O7. The molecule has 0 spiro atoms. The van der Waals surface area contributed by atoms with Gasteiger partial charge in [-0.1, -0.05) is 36.4 Å². The lowest BCUT2D eigenvalue weighted by Crippen LogP contribution is -2.54. The minimum Gasteiger partial charge on any atom is -0.508 e. The molecule has 3 rings (SSSR count). The van der Waals surface area contributed by atoms with Crippen molar-refractivity contribution in [3.63, 3.8) is 0 Å². The average molecular weight is 538 g/mol. The van der Waals surface area contributed by atoms with Crippen molar-refractivity contribution in [1.29, 1.82) is 0 Å². The summed E-state index contributed by atoms with van der Waals surface area (Å²) in [4.78, 5) is 40.8. The minimum absolute atomic E-state index is 0.00676. The van der Waals surface area contributed by atoms with Crippen molar-refractivity contribution in [2.75, 3.05) is 25.1 Å². The number of aromatic hydroxyl groups is 1. The normalized spacial score (nSPS) is 12.9. The number of aliphatic hydroxyl groups is 2. The maximum absolute atomic E-state index is 13.8. The zero-order valence-electron chi connectivity index (χ0n) is 22.5. The number of aryl methyl sites for hydroxylation is 1. The second-order valence-corrected chi connectivity index (χ2v) is 10.1. The van der Waals surface area contributed by atoms with Crippen LogP contribution in [-0.2, 0) is 14.3 Å². The lowest BCUT2D eigenvalue weighted by atomic mass is 10.00. The third kappa shape index (κ3) is 7.68. The fourth-order valence-electron chi connectivity index (χ4n) is 4.11. The van der Waals surface area contributed by atoms with Gasteiger partial charge in [-0.15, -0.1) is 0 Å². The number of rotatable bonds is 9. The molecule has 0 radical (unpaired) electrons. The van der Waals surface area contributed by atoms with Gasteiger partial charge in [0, 0.05) is 12.2 Å². The Morgan fingerprint density at radius 2 is 1.67 bits per heavy atom. The van der Waals surface area contributed by atoms with Gasteiger partial charge >= 0.3 is 6.09 Å². The van der Waals surface area contributed by atoms with Crippen LogP contribution < -0.4 is 10.6 Å². The first-order chi connectivity index (χ1) is 18.4. The number of anilines is 1. The molecule has 10 nitrogen and oxygen atoms in total. The number of carbonyl (C=O) groups is 3.